The van der Waals surface area contributed by atoms with Crippen molar-refractivity contribution in [3.8, 4) is 0 Å². The number of hydrogen-bond acceptors (Lipinski definition) is 5. The Bertz CT molecular complexity index is 994. The van der Waals surface area contributed by atoms with Gasteiger partial charge < -0.3 is 4.74 Å². The Morgan fingerprint density at radius 1 is 1.36 bits per heavy atom. The van der Waals surface area contributed by atoms with Crippen LogP contribution in [0.25, 0.3) is 5.65 Å². The summed E-state index contributed by atoms with van der Waals surface area (Å²) in [6.07, 6.45) is 3.48. The maximum Gasteiger partial charge on any atom is 0.348 e. The van der Waals surface area contributed by atoms with Crippen molar-refractivity contribution in [2.24, 2.45) is 0 Å². The van der Waals surface area contributed by atoms with Gasteiger partial charge >= 0.3 is 5.97 Å². The summed E-state index contributed by atoms with van der Waals surface area (Å²) < 4.78 is 6.68. The first kappa shape index (κ1) is 17.6. The molecule has 0 saturated carbocycles. The van der Waals surface area contributed by atoms with Crippen molar-refractivity contribution in [2.45, 2.75) is 33.3 Å². The number of rotatable bonds is 5. The van der Waals surface area contributed by atoms with Crippen LogP contribution in [0.1, 0.15) is 39.2 Å². The number of halogens is 1. The minimum absolute atomic E-state index is 0.0484. The van der Waals surface area contributed by atoms with Crippen LogP contribution in [0, 0.1) is 6.92 Å². The molecule has 3 aromatic rings. The molecule has 3 rings (SSSR count). The minimum atomic E-state index is -0.395. The fourth-order valence-corrected chi connectivity index (χ4v) is 3.67. The first-order chi connectivity index (χ1) is 12.0. The monoisotopic (exact) mass is 376 g/mol. The molecule has 0 unspecified atom stereocenters. The van der Waals surface area contributed by atoms with Gasteiger partial charge in [0.1, 0.15) is 17.1 Å². The highest BCUT2D eigenvalue weighted by Gasteiger charge is 2.14. The summed E-state index contributed by atoms with van der Waals surface area (Å²) in [6, 6.07) is 6.53. The normalized spacial score (nSPS) is 11.0. The minimum Gasteiger partial charge on any atom is -0.455 e. The zero-order valence-corrected chi connectivity index (χ0v) is 15.5. The van der Waals surface area contributed by atoms with Crippen LogP contribution in [0.4, 0.5) is 0 Å². The van der Waals surface area contributed by atoms with E-state index >= 15 is 0 Å². The molecular formula is C18H17ClN2O3S. The van der Waals surface area contributed by atoms with E-state index in [1.165, 1.54) is 33.6 Å². The molecule has 3 heterocycles. The lowest BCUT2D eigenvalue weighted by Gasteiger charge is -2.05. The summed E-state index contributed by atoms with van der Waals surface area (Å²) in [7, 11) is 0. The Hall–Kier alpha value is -2.18. The number of pyridine rings is 1. The molecular weight excluding hydrogens is 360 g/mol. The van der Waals surface area contributed by atoms with E-state index in [0.717, 1.165) is 17.7 Å². The number of fused-ring (bicyclic) bond motifs is 1. The average molecular weight is 377 g/mol. The molecule has 0 aliphatic heterocycles. The van der Waals surface area contributed by atoms with Gasteiger partial charge in [-0.2, -0.15) is 0 Å². The van der Waals surface area contributed by atoms with Gasteiger partial charge in [0.15, 0.2) is 0 Å². The van der Waals surface area contributed by atoms with Gasteiger partial charge in [0, 0.05) is 17.1 Å². The fourth-order valence-electron chi connectivity index (χ4n) is 2.55. The maximum atomic E-state index is 12.2. The highest BCUT2D eigenvalue weighted by molar-refractivity contribution is 7.14. The van der Waals surface area contributed by atoms with E-state index in [4.69, 9.17) is 16.3 Å². The zero-order chi connectivity index (χ0) is 18.0. The zero-order valence-electron chi connectivity index (χ0n) is 13.9. The van der Waals surface area contributed by atoms with Gasteiger partial charge in [-0.15, -0.1) is 11.3 Å². The number of aromatic nitrogens is 2. The molecule has 0 spiro atoms. The lowest BCUT2D eigenvalue weighted by molar-refractivity contribution is 0.0473. The summed E-state index contributed by atoms with van der Waals surface area (Å²) in [6.45, 7) is 4.06. The molecule has 7 heteroatoms. The molecule has 0 atom stereocenters. The van der Waals surface area contributed by atoms with Gasteiger partial charge in [0.25, 0.3) is 5.56 Å². The number of hydrogen-bond donors (Lipinski definition) is 0. The van der Waals surface area contributed by atoms with E-state index in [2.05, 4.69) is 11.9 Å². The molecule has 3 aromatic heterocycles. The summed E-state index contributed by atoms with van der Waals surface area (Å²) >= 11 is 7.31. The van der Waals surface area contributed by atoms with E-state index in [1.807, 2.05) is 13.0 Å². The largest absolute Gasteiger partial charge is 0.455 e. The molecule has 0 aliphatic carbocycles. The number of aryl methyl sites for hydroxylation is 2. The van der Waals surface area contributed by atoms with Crippen LogP contribution >= 0.6 is 22.9 Å². The second-order valence-electron chi connectivity index (χ2n) is 5.68. The summed E-state index contributed by atoms with van der Waals surface area (Å²) in [5, 5.41) is 0.450. The van der Waals surface area contributed by atoms with Crippen molar-refractivity contribution in [3.05, 3.63) is 66.9 Å². The van der Waals surface area contributed by atoms with Crippen LogP contribution in [-0.4, -0.2) is 15.4 Å². The van der Waals surface area contributed by atoms with Crippen LogP contribution in [0.15, 0.2) is 35.3 Å². The molecule has 0 aliphatic rings. The first-order valence-electron chi connectivity index (χ1n) is 7.92. The van der Waals surface area contributed by atoms with Gasteiger partial charge in [0.2, 0.25) is 0 Å². The highest BCUT2D eigenvalue weighted by atomic mass is 35.5. The quantitative estimate of drug-likeness (QED) is 0.631. The lowest BCUT2D eigenvalue weighted by atomic mass is 10.1. The van der Waals surface area contributed by atoms with Gasteiger partial charge in [-0.3, -0.25) is 9.20 Å². The number of carbonyl (C=O) groups is 1. The fraction of sp³-hybridized carbons (Fsp3) is 0.278. The SMILES string of the molecule is CCCc1cc(C(=O)OCc2cc(=O)n3cc(Cl)ccc3n2)sc1C. The van der Waals surface area contributed by atoms with Gasteiger partial charge in [-0.05, 0) is 37.1 Å². The second-order valence-corrected chi connectivity index (χ2v) is 7.37. The Morgan fingerprint density at radius 2 is 2.16 bits per heavy atom. The highest BCUT2D eigenvalue weighted by Crippen LogP contribution is 2.23. The van der Waals surface area contributed by atoms with Crippen LogP contribution in [0.3, 0.4) is 0 Å². The topological polar surface area (TPSA) is 60.7 Å². The van der Waals surface area contributed by atoms with E-state index in [-0.39, 0.29) is 12.2 Å². The third kappa shape index (κ3) is 3.91. The number of nitrogens with zero attached hydrogens (tertiary/aromatic N) is 2. The van der Waals surface area contributed by atoms with Gasteiger partial charge in [-0.1, -0.05) is 24.9 Å². The Morgan fingerprint density at radius 3 is 2.92 bits per heavy atom. The van der Waals surface area contributed by atoms with Crippen molar-refractivity contribution in [2.75, 3.05) is 0 Å². The van der Waals surface area contributed by atoms with Crippen LogP contribution in [0.5, 0.6) is 0 Å². The Kier molecular flexibility index (Phi) is 5.20. The molecule has 0 aromatic carbocycles. The number of ether oxygens (including phenoxy) is 1. The first-order valence-corrected chi connectivity index (χ1v) is 9.11. The van der Waals surface area contributed by atoms with Crippen molar-refractivity contribution in [1.82, 2.24) is 9.38 Å². The maximum absolute atomic E-state index is 12.2. The standard InChI is InChI=1S/C18H17ClN2O3S/c1-3-4-12-7-15(25-11(12)2)18(23)24-10-14-8-17(22)21-9-13(19)5-6-16(21)20-14/h5-9H,3-4,10H2,1-2H3. The third-order valence-corrected chi connectivity index (χ3v) is 5.07. The smallest absolute Gasteiger partial charge is 0.348 e. The average Bonchev–Trinajstić information content (AvgIpc) is 2.95. The molecule has 0 fully saturated rings. The Labute approximate surface area is 153 Å². The van der Waals surface area contributed by atoms with E-state index in [1.54, 1.807) is 12.1 Å². The third-order valence-electron chi connectivity index (χ3n) is 3.77. The van der Waals surface area contributed by atoms with Crippen LogP contribution in [-0.2, 0) is 17.8 Å². The molecule has 0 bridgehead atoms. The molecule has 0 radical (unpaired) electrons. The van der Waals surface area contributed by atoms with E-state index in [0.29, 0.717) is 21.2 Å². The predicted molar refractivity (Wildman–Crippen MR) is 98.6 cm³/mol. The van der Waals surface area contributed by atoms with Crippen LogP contribution < -0.4 is 5.56 Å². The molecule has 130 valence electrons. The van der Waals surface area contributed by atoms with Crippen molar-refractivity contribution >= 4 is 34.6 Å². The molecule has 0 N–H and O–H groups in total. The second kappa shape index (κ2) is 7.37. The van der Waals surface area contributed by atoms with E-state index in [9.17, 15) is 9.59 Å². The number of thiophene rings is 1. The van der Waals surface area contributed by atoms with Gasteiger partial charge in [0.05, 0.1) is 10.7 Å². The predicted octanol–water partition coefficient (Wildman–Crippen LogP) is 4.03. The van der Waals surface area contributed by atoms with Crippen LogP contribution in [0.2, 0.25) is 5.02 Å². The molecule has 5 nitrogen and oxygen atoms in total. The number of esters is 1. The van der Waals surface area contributed by atoms with E-state index < -0.39 is 5.97 Å². The molecule has 0 saturated heterocycles. The summed E-state index contributed by atoms with van der Waals surface area (Å²) in [5.41, 5.74) is 1.78. The van der Waals surface area contributed by atoms with Crippen molar-refractivity contribution in [1.29, 1.82) is 0 Å². The lowest BCUT2D eigenvalue weighted by Crippen LogP contribution is -2.16. The number of carbonyl (C=O) groups excluding carboxylic acids is 1. The molecule has 25 heavy (non-hydrogen) atoms. The molecule has 0 amide bonds. The van der Waals surface area contributed by atoms with Gasteiger partial charge in [-0.25, -0.2) is 9.78 Å². The van der Waals surface area contributed by atoms with Crippen molar-refractivity contribution < 1.29 is 9.53 Å². The Balaban J connectivity index is 1.76. The summed E-state index contributed by atoms with van der Waals surface area (Å²) in [4.78, 5) is 30.4. The summed E-state index contributed by atoms with van der Waals surface area (Å²) in [5.74, 6) is -0.395. The van der Waals surface area contributed by atoms with Crippen molar-refractivity contribution in [3.63, 3.8) is 0 Å².